The van der Waals surface area contributed by atoms with Gasteiger partial charge in [-0.2, -0.15) is 0 Å². The minimum absolute atomic E-state index is 0.624. The Hall–Kier alpha value is -8.47. The number of aromatic nitrogens is 3. The number of hydrogen-bond donors (Lipinski definition) is 0. The van der Waals surface area contributed by atoms with Crippen molar-refractivity contribution in [3.05, 3.63) is 212 Å². The van der Waals surface area contributed by atoms with Crippen molar-refractivity contribution in [2.75, 3.05) is 0 Å². The highest BCUT2D eigenvalue weighted by Crippen LogP contribution is 2.41. The van der Waals surface area contributed by atoms with Crippen molar-refractivity contribution in [2.45, 2.75) is 0 Å². The van der Waals surface area contributed by atoms with Gasteiger partial charge in [0.1, 0.15) is 11.2 Å². The second-order valence-corrected chi connectivity index (χ2v) is 16.3. The molecule has 0 atom stereocenters. The Labute approximate surface area is 362 Å². The van der Waals surface area contributed by atoms with Crippen LogP contribution in [0.1, 0.15) is 0 Å². The van der Waals surface area contributed by atoms with Crippen LogP contribution in [0.3, 0.4) is 0 Å². The van der Waals surface area contributed by atoms with Gasteiger partial charge in [-0.15, -0.1) is 0 Å². The first-order valence-corrected chi connectivity index (χ1v) is 21.3. The molecule has 4 heteroatoms. The van der Waals surface area contributed by atoms with Crippen LogP contribution in [-0.4, -0.2) is 15.0 Å². The number of hydrogen-bond acceptors (Lipinski definition) is 4. The lowest BCUT2D eigenvalue weighted by molar-refractivity contribution is 0.669. The van der Waals surface area contributed by atoms with Gasteiger partial charge in [0.2, 0.25) is 0 Å². The third-order valence-electron chi connectivity index (χ3n) is 12.7. The Morgan fingerprint density at radius 2 is 0.778 bits per heavy atom. The molecule has 0 amide bonds. The van der Waals surface area contributed by atoms with Crippen LogP contribution in [0.15, 0.2) is 217 Å². The molecule has 0 N–H and O–H groups in total. The Kier molecular flexibility index (Phi) is 7.87. The maximum atomic E-state index is 6.41. The lowest BCUT2D eigenvalue weighted by Crippen LogP contribution is -2.01. The molecule has 0 aliphatic heterocycles. The van der Waals surface area contributed by atoms with Gasteiger partial charge in [-0.1, -0.05) is 170 Å². The maximum Gasteiger partial charge on any atom is 0.164 e. The van der Waals surface area contributed by atoms with E-state index in [0.29, 0.717) is 17.5 Å². The van der Waals surface area contributed by atoms with E-state index in [1.54, 1.807) is 0 Å². The Bertz CT molecular complexity index is 3840. The van der Waals surface area contributed by atoms with Crippen LogP contribution in [0.2, 0.25) is 0 Å². The molecule has 292 valence electrons. The van der Waals surface area contributed by atoms with Gasteiger partial charge in [-0.25, -0.2) is 15.0 Å². The number of fused-ring (bicyclic) bond motifs is 10. The van der Waals surface area contributed by atoms with E-state index in [1.165, 1.54) is 32.7 Å². The predicted molar refractivity (Wildman–Crippen MR) is 262 cm³/mol. The average molecular weight is 802 g/mol. The molecule has 0 radical (unpaired) electrons. The van der Waals surface area contributed by atoms with E-state index < -0.39 is 0 Å². The van der Waals surface area contributed by atoms with Gasteiger partial charge in [-0.3, -0.25) is 0 Å². The topological polar surface area (TPSA) is 51.8 Å². The van der Waals surface area contributed by atoms with Gasteiger partial charge in [0.05, 0.1) is 0 Å². The summed E-state index contributed by atoms with van der Waals surface area (Å²) in [6.45, 7) is 0. The van der Waals surface area contributed by atoms with E-state index >= 15 is 0 Å². The highest BCUT2D eigenvalue weighted by molar-refractivity contribution is 6.16. The first kappa shape index (κ1) is 35.3. The summed E-state index contributed by atoms with van der Waals surface area (Å²) < 4.78 is 6.41. The van der Waals surface area contributed by atoms with E-state index in [-0.39, 0.29) is 0 Å². The summed E-state index contributed by atoms with van der Waals surface area (Å²) >= 11 is 0. The molecular weight excluding hydrogens is 767 g/mol. The summed E-state index contributed by atoms with van der Waals surface area (Å²) in [5.41, 5.74) is 9.24. The second kappa shape index (κ2) is 14.1. The third kappa shape index (κ3) is 5.80. The lowest BCUT2D eigenvalue weighted by Gasteiger charge is -2.14. The molecular formula is C59H35N3O. The number of benzene rings is 11. The summed E-state index contributed by atoms with van der Waals surface area (Å²) in [6, 6.07) is 75.2. The van der Waals surface area contributed by atoms with Gasteiger partial charge in [0.25, 0.3) is 0 Å². The molecule has 63 heavy (non-hydrogen) atoms. The van der Waals surface area contributed by atoms with Gasteiger partial charge >= 0.3 is 0 Å². The molecule has 0 bridgehead atoms. The first-order valence-electron chi connectivity index (χ1n) is 21.3. The van der Waals surface area contributed by atoms with Gasteiger partial charge < -0.3 is 4.42 Å². The molecule has 0 aliphatic carbocycles. The highest BCUT2D eigenvalue weighted by Gasteiger charge is 2.19. The van der Waals surface area contributed by atoms with Crippen molar-refractivity contribution < 1.29 is 4.42 Å². The summed E-state index contributed by atoms with van der Waals surface area (Å²) in [6.07, 6.45) is 0. The normalized spacial score (nSPS) is 11.8. The molecule has 13 aromatic rings. The van der Waals surface area contributed by atoms with Crippen LogP contribution in [0, 0.1) is 0 Å². The SMILES string of the molecule is c1ccc(-c2ccc3oc4cccc(-c5ccc6cc(-c7nc(-c8cc9ccccc9c9ccccc89)nc(-c8cc9ccccc9c9ccccc89)n7)ccc6c5)c4c3c2)cc1. The fraction of sp³-hybridized carbons (Fsp3) is 0. The molecule has 2 heterocycles. The van der Waals surface area contributed by atoms with Gasteiger partial charge in [0.15, 0.2) is 17.5 Å². The zero-order chi connectivity index (χ0) is 41.4. The minimum atomic E-state index is 0.624. The van der Waals surface area contributed by atoms with Crippen LogP contribution >= 0.6 is 0 Å². The fourth-order valence-electron chi connectivity index (χ4n) is 9.65. The maximum absolute atomic E-state index is 6.41. The highest BCUT2D eigenvalue weighted by atomic mass is 16.3. The Balaban J connectivity index is 0.987. The Morgan fingerprint density at radius 3 is 1.43 bits per heavy atom. The minimum Gasteiger partial charge on any atom is -0.456 e. The number of rotatable bonds is 5. The van der Waals surface area contributed by atoms with Gasteiger partial charge in [-0.05, 0) is 119 Å². The Morgan fingerprint density at radius 1 is 0.254 bits per heavy atom. The predicted octanol–water partition coefficient (Wildman–Crippen LogP) is 15.9. The number of furan rings is 1. The van der Waals surface area contributed by atoms with Crippen LogP contribution in [0.4, 0.5) is 0 Å². The molecule has 4 nitrogen and oxygen atoms in total. The van der Waals surface area contributed by atoms with Crippen molar-refractivity contribution in [1.29, 1.82) is 0 Å². The van der Waals surface area contributed by atoms with Crippen molar-refractivity contribution in [3.63, 3.8) is 0 Å². The van der Waals surface area contributed by atoms with Gasteiger partial charge in [0, 0.05) is 27.5 Å². The van der Waals surface area contributed by atoms with Crippen LogP contribution < -0.4 is 0 Å². The van der Waals surface area contributed by atoms with Crippen LogP contribution in [0.5, 0.6) is 0 Å². The molecule has 0 saturated carbocycles. The van der Waals surface area contributed by atoms with Crippen molar-refractivity contribution in [1.82, 2.24) is 15.0 Å². The summed E-state index contributed by atoms with van der Waals surface area (Å²) in [4.78, 5) is 16.0. The van der Waals surface area contributed by atoms with Crippen LogP contribution in [-0.2, 0) is 0 Å². The first-order chi connectivity index (χ1) is 31.2. The lowest BCUT2D eigenvalue weighted by atomic mass is 9.95. The summed E-state index contributed by atoms with van der Waals surface area (Å²) in [7, 11) is 0. The van der Waals surface area contributed by atoms with Crippen molar-refractivity contribution in [2.24, 2.45) is 0 Å². The van der Waals surface area contributed by atoms with E-state index in [0.717, 1.165) is 82.1 Å². The molecule has 0 unspecified atom stereocenters. The van der Waals surface area contributed by atoms with Crippen LogP contribution in [0.25, 0.3) is 132 Å². The largest absolute Gasteiger partial charge is 0.456 e. The third-order valence-corrected chi connectivity index (χ3v) is 12.7. The smallest absolute Gasteiger partial charge is 0.164 e. The molecule has 0 saturated heterocycles. The number of nitrogens with zero attached hydrogens (tertiary/aromatic N) is 3. The quantitative estimate of drug-likeness (QED) is 0.163. The van der Waals surface area contributed by atoms with E-state index in [9.17, 15) is 0 Å². The van der Waals surface area contributed by atoms with E-state index in [4.69, 9.17) is 19.4 Å². The summed E-state index contributed by atoms with van der Waals surface area (Å²) in [5.74, 6) is 1.90. The molecule has 0 spiro atoms. The zero-order valence-electron chi connectivity index (χ0n) is 34.0. The average Bonchev–Trinajstić information content (AvgIpc) is 3.74. The van der Waals surface area contributed by atoms with Crippen molar-refractivity contribution >= 4 is 75.8 Å². The second-order valence-electron chi connectivity index (χ2n) is 16.3. The van der Waals surface area contributed by atoms with E-state index in [2.05, 4.69) is 212 Å². The van der Waals surface area contributed by atoms with Crippen molar-refractivity contribution in [3.8, 4) is 56.4 Å². The summed E-state index contributed by atoms with van der Waals surface area (Å²) in [5, 5.41) is 13.7. The molecule has 0 aliphatic rings. The molecule has 0 fully saturated rings. The monoisotopic (exact) mass is 801 g/mol. The zero-order valence-corrected chi connectivity index (χ0v) is 34.0. The molecule has 13 rings (SSSR count). The van der Waals surface area contributed by atoms with E-state index in [1.807, 2.05) is 0 Å². The fourth-order valence-corrected chi connectivity index (χ4v) is 9.65. The standard InChI is InChI=1S/C59H35N3O/c1-2-13-36(14-3-1)39-29-30-54-53(33-39)56-46(23-12-24-55(56)63-54)42-27-25-38-32-43(28-26-37(38)31-42)57-60-58(51-34-40-15-4-6-17-44(40)47-19-8-10-21-49(47)51)62-59(61-57)52-35-41-16-5-7-18-45(41)48-20-9-11-22-50(48)52/h1-35H. The molecule has 2 aromatic heterocycles. The molecule has 11 aromatic carbocycles.